The van der Waals surface area contributed by atoms with Crippen LogP contribution in [0.4, 0.5) is 0 Å². The van der Waals surface area contributed by atoms with Crippen LogP contribution in [0, 0.1) is 29.1 Å². The van der Waals surface area contributed by atoms with Gasteiger partial charge < -0.3 is 0 Å². The molecular formula is C17H30. The summed E-state index contributed by atoms with van der Waals surface area (Å²) in [6, 6.07) is 0. The molecule has 3 aliphatic rings. The zero-order valence-electron chi connectivity index (χ0n) is 11.9. The van der Waals surface area contributed by atoms with E-state index >= 15 is 0 Å². The van der Waals surface area contributed by atoms with Gasteiger partial charge in [0.05, 0.1) is 0 Å². The Morgan fingerprint density at radius 3 is 2.35 bits per heavy atom. The highest BCUT2D eigenvalue weighted by Gasteiger charge is 2.66. The zero-order chi connectivity index (χ0) is 11.9. The fourth-order valence-corrected chi connectivity index (χ4v) is 5.61. The monoisotopic (exact) mass is 234 g/mol. The average molecular weight is 234 g/mol. The first kappa shape index (κ1) is 12.1. The minimum atomic E-state index is 0.864. The molecule has 0 aromatic rings. The molecule has 0 N–H and O–H groups in total. The third-order valence-electron chi connectivity index (χ3n) is 6.22. The van der Waals surface area contributed by atoms with Crippen LogP contribution in [0.1, 0.15) is 78.1 Å². The maximum atomic E-state index is 2.43. The van der Waals surface area contributed by atoms with Crippen molar-refractivity contribution in [1.29, 1.82) is 0 Å². The molecule has 3 rings (SSSR count). The third-order valence-corrected chi connectivity index (χ3v) is 6.22. The highest BCUT2D eigenvalue weighted by atomic mass is 14.7. The second-order valence-corrected chi connectivity index (χ2v) is 7.54. The van der Waals surface area contributed by atoms with Gasteiger partial charge in [-0.1, -0.05) is 46.0 Å². The molecule has 17 heavy (non-hydrogen) atoms. The first-order chi connectivity index (χ1) is 8.25. The Bertz CT molecular complexity index is 261. The summed E-state index contributed by atoms with van der Waals surface area (Å²) < 4.78 is 0. The molecule has 3 fully saturated rings. The Morgan fingerprint density at radius 2 is 1.65 bits per heavy atom. The molecule has 3 aliphatic carbocycles. The fraction of sp³-hybridized carbons (Fsp3) is 1.00. The van der Waals surface area contributed by atoms with E-state index in [0.29, 0.717) is 0 Å². The van der Waals surface area contributed by atoms with Crippen LogP contribution < -0.4 is 0 Å². The van der Waals surface area contributed by atoms with E-state index in [2.05, 4.69) is 13.8 Å². The lowest BCUT2D eigenvalue weighted by atomic mass is 9.71. The molecular weight excluding hydrogens is 204 g/mol. The van der Waals surface area contributed by atoms with Crippen LogP contribution in [-0.4, -0.2) is 0 Å². The molecule has 0 aromatic heterocycles. The van der Waals surface area contributed by atoms with Gasteiger partial charge in [0.1, 0.15) is 0 Å². The molecule has 0 saturated heterocycles. The van der Waals surface area contributed by atoms with E-state index in [9.17, 15) is 0 Å². The summed E-state index contributed by atoms with van der Waals surface area (Å²) in [5, 5.41) is 0. The minimum Gasteiger partial charge on any atom is -0.0628 e. The number of rotatable bonds is 3. The van der Waals surface area contributed by atoms with Crippen molar-refractivity contribution < 1.29 is 0 Å². The lowest BCUT2D eigenvalue weighted by Gasteiger charge is -2.34. The van der Waals surface area contributed by atoms with Crippen LogP contribution in [0.25, 0.3) is 0 Å². The predicted octanol–water partition coefficient (Wildman–Crippen LogP) is 5.42. The van der Waals surface area contributed by atoms with Gasteiger partial charge in [0.25, 0.3) is 0 Å². The van der Waals surface area contributed by atoms with Crippen molar-refractivity contribution in [1.82, 2.24) is 0 Å². The van der Waals surface area contributed by atoms with Gasteiger partial charge in [-0.3, -0.25) is 0 Å². The molecule has 98 valence electrons. The Kier molecular flexibility index (Phi) is 3.26. The Morgan fingerprint density at radius 1 is 0.941 bits per heavy atom. The molecule has 0 aliphatic heterocycles. The first-order valence-corrected chi connectivity index (χ1v) is 8.25. The molecule has 0 amide bonds. The van der Waals surface area contributed by atoms with Crippen molar-refractivity contribution in [2.24, 2.45) is 29.1 Å². The molecule has 0 unspecified atom stereocenters. The van der Waals surface area contributed by atoms with Gasteiger partial charge in [0, 0.05) is 0 Å². The average Bonchev–Trinajstić information content (AvgIpc) is 2.99. The van der Waals surface area contributed by atoms with E-state index < -0.39 is 0 Å². The standard InChI is InChI=1S/C17H30/c1-13(2)12-16-15-10-6-7-11-17(15,16)14-8-4-3-5-9-14/h13-16H,3-12H2,1-2H3/t15-,16+,17+/m0/s1. The van der Waals surface area contributed by atoms with Crippen LogP contribution in [0.5, 0.6) is 0 Å². The van der Waals surface area contributed by atoms with Crippen molar-refractivity contribution >= 4 is 0 Å². The molecule has 3 saturated carbocycles. The number of fused-ring (bicyclic) bond motifs is 1. The lowest BCUT2D eigenvalue weighted by molar-refractivity contribution is 0.159. The zero-order valence-corrected chi connectivity index (χ0v) is 11.9. The fourth-order valence-electron chi connectivity index (χ4n) is 5.61. The van der Waals surface area contributed by atoms with Crippen LogP contribution in [0.3, 0.4) is 0 Å². The van der Waals surface area contributed by atoms with Crippen LogP contribution in [0.15, 0.2) is 0 Å². The predicted molar refractivity (Wildman–Crippen MR) is 73.9 cm³/mol. The molecule has 0 aromatic carbocycles. The van der Waals surface area contributed by atoms with Crippen molar-refractivity contribution in [2.75, 3.05) is 0 Å². The molecule has 3 atom stereocenters. The molecule has 0 bridgehead atoms. The summed E-state index contributed by atoms with van der Waals surface area (Å²) in [5.74, 6) is 4.34. The quantitative estimate of drug-likeness (QED) is 0.611. The van der Waals surface area contributed by atoms with Crippen LogP contribution in [-0.2, 0) is 0 Å². The summed E-state index contributed by atoms with van der Waals surface area (Å²) in [7, 11) is 0. The van der Waals surface area contributed by atoms with Gasteiger partial charge in [-0.15, -0.1) is 0 Å². The summed E-state index contributed by atoms with van der Waals surface area (Å²) in [5.41, 5.74) is 0.864. The molecule has 0 heterocycles. The van der Waals surface area contributed by atoms with Gasteiger partial charge in [-0.25, -0.2) is 0 Å². The highest BCUT2D eigenvalue weighted by molar-refractivity contribution is 5.14. The molecule has 0 spiro atoms. The van der Waals surface area contributed by atoms with Gasteiger partial charge in [0.15, 0.2) is 0 Å². The molecule has 0 radical (unpaired) electrons. The van der Waals surface area contributed by atoms with E-state index in [4.69, 9.17) is 0 Å². The Hall–Kier alpha value is 0. The topological polar surface area (TPSA) is 0 Å². The van der Waals surface area contributed by atoms with Crippen LogP contribution >= 0.6 is 0 Å². The van der Waals surface area contributed by atoms with Gasteiger partial charge in [-0.2, -0.15) is 0 Å². The molecule has 0 nitrogen and oxygen atoms in total. The Labute approximate surface area is 108 Å². The highest BCUT2D eigenvalue weighted by Crippen LogP contribution is 2.73. The first-order valence-electron chi connectivity index (χ1n) is 8.25. The van der Waals surface area contributed by atoms with Gasteiger partial charge >= 0.3 is 0 Å². The minimum absolute atomic E-state index is 0.864. The maximum absolute atomic E-state index is 2.43. The van der Waals surface area contributed by atoms with Crippen molar-refractivity contribution in [2.45, 2.75) is 78.1 Å². The van der Waals surface area contributed by atoms with Crippen LogP contribution in [0.2, 0.25) is 0 Å². The maximum Gasteiger partial charge on any atom is -0.0207 e. The SMILES string of the molecule is CC(C)C[C@@H]1[C@@H]2CCCC[C@]12C1CCCCC1. The van der Waals surface area contributed by atoms with Crippen molar-refractivity contribution in [3.63, 3.8) is 0 Å². The Balaban J connectivity index is 1.73. The van der Waals surface area contributed by atoms with Gasteiger partial charge in [-0.05, 0) is 61.2 Å². The summed E-state index contributed by atoms with van der Waals surface area (Å²) in [6.45, 7) is 4.86. The van der Waals surface area contributed by atoms with Gasteiger partial charge in [0.2, 0.25) is 0 Å². The number of hydrogen-bond acceptors (Lipinski definition) is 0. The van der Waals surface area contributed by atoms with E-state index in [-0.39, 0.29) is 0 Å². The van der Waals surface area contributed by atoms with Crippen molar-refractivity contribution in [3.8, 4) is 0 Å². The molecule has 0 heteroatoms. The number of hydrogen-bond donors (Lipinski definition) is 0. The summed E-state index contributed by atoms with van der Waals surface area (Å²) in [4.78, 5) is 0. The summed E-state index contributed by atoms with van der Waals surface area (Å²) >= 11 is 0. The summed E-state index contributed by atoms with van der Waals surface area (Å²) in [6.07, 6.45) is 15.5. The smallest absolute Gasteiger partial charge is 0.0207 e. The lowest BCUT2D eigenvalue weighted by Crippen LogP contribution is -2.24. The largest absolute Gasteiger partial charge is 0.0628 e. The second-order valence-electron chi connectivity index (χ2n) is 7.54. The van der Waals surface area contributed by atoms with E-state index in [1.807, 2.05) is 0 Å². The van der Waals surface area contributed by atoms with Crippen molar-refractivity contribution in [3.05, 3.63) is 0 Å². The normalized spacial score (nSPS) is 42.5. The van der Waals surface area contributed by atoms with E-state index in [0.717, 1.165) is 29.1 Å². The third kappa shape index (κ3) is 1.96. The second kappa shape index (κ2) is 4.59. The van der Waals surface area contributed by atoms with E-state index in [1.165, 1.54) is 32.1 Å². The van der Waals surface area contributed by atoms with E-state index in [1.54, 1.807) is 32.1 Å².